The van der Waals surface area contributed by atoms with Crippen molar-refractivity contribution in [1.82, 2.24) is 5.32 Å². The minimum atomic E-state index is -1.80. The van der Waals surface area contributed by atoms with E-state index in [2.05, 4.69) is 92.1 Å². The van der Waals surface area contributed by atoms with E-state index >= 15 is 0 Å². The van der Waals surface area contributed by atoms with Crippen molar-refractivity contribution in [1.29, 1.82) is 0 Å². The molecule has 0 aromatic rings. The van der Waals surface area contributed by atoms with Gasteiger partial charge in [-0.1, -0.05) is 247 Å². The first-order chi connectivity index (χ1) is 40.1. The van der Waals surface area contributed by atoms with E-state index in [1.54, 1.807) is 6.08 Å². The Morgan fingerprint density at radius 3 is 1.34 bits per heavy atom. The lowest BCUT2D eigenvalue weighted by Crippen LogP contribution is -2.65. The summed E-state index contributed by atoms with van der Waals surface area (Å²) in [4.78, 5) is 13.3. The molecule has 14 nitrogen and oxygen atoms in total. The molecule has 2 rings (SSSR count). The summed E-state index contributed by atoms with van der Waals surface area (Å²) in [6, 6.07) is -0.949. The molecule has 2 aliphatic rings. The Morgan fingerprint density at radius 1 is 0.451 bits per heavy atom. The fraction of sp³-hybridized carbons (Fsp3) is 0.779. The third-order valence-electron chi connectivity index (χ3n) is 15.6. The van der Waals surface area contributed by atoms with Crippen molar-refractivity contribution in [3.63, 3.8) is 0 Å². The molecule has 12 unspecified atom stereocenters. The van der Waals surface area contributed by atoms with Crippen LogP contribution in [0.2, 0.25) is 0 Å². The summed E-state index contributed by atoms with van der Waals surface area (Å²) in [6.07, 6.45) is 54.9. The second-order valence-electron chi connectivity index (χ2n) is 22.9. The topological polar surface area (TPSA) is 228 Å². The summed E-state index contributed by atoms with van der Waals surface area (Å²) in [5, 5.41) is 87.3. The quantitative estimate of drug-likeness (QED) is 0.0204. The van der Waals surface area contributed by atoms with Crippen LogP contribution in [-0.2, 0) is 23.7 Å². The normalized spacial score (nSPS) is 24.5. The summed E-state index contributed by atoms with van der Waals surface area (Å²) in [6.45, 7) is 2.67. The molecule has 0 aromatic carbocycles. The summed E-state index contributed by atoms with van der Waals surface area (Å²) < 4.78 is 22.8. The van der Waals surface area contributed by atoms with E-state index in [0.29, 0.717) is 12.8 Å². The second kappa shape index (κ2) is 52.5. The summed E-state index contributed by atoms with van der Waals surface area (Å²) in [5.74, 6) is -0.269. The number of unbranched alkanes of at least 4 members (excludes halogenated alkanes) is 27. The zero-order chi connectivity index (χ0) is 59.5. The Labute approximate surface area is 497 Å². The van der Waals surface area contributed by atoms with Crippen LogP contribution in [0.25, 0.3) is 0 Å². The van der Waals surface area contributed by atoms with E-state index in [-0.39, 0.29) is 18.9 Å². The predicted octanol–water partition coefficient (Wildman–Crippen LogP) is 12.4. The maximum Gasteiger partial charge on any atom is 0.220 e. The molecule has 2 aliphatic heterocycles. The highest BCUT2D eigenvalue weighted by molar-refractivity contribution is 5.76. The van der Waals surface area contributed by atoms with E-state index in [0.717, 1.165) is 77.0 Å². The van der Waals surface area contributed by atoms with Crippen molar-refractivity contribution >= 4 is 5.91 Å². The van der Waals surface area contributed by atoms with Crippen LogP contribution in [0.15, 0.2) is 85.1 Å². The average Bonchev–Trinajstić information content (AvgIpc) is 3.66. The van der Waals surface area contributed by atoms with Gasteiger partial charge in [0.15, 0.2) is 12.6 Å². The molecule has 0 bridgehead atoms. The lowest BCUT2D eigenvalue weighted by molar-refractivity contribution is -0.359. The number of carbonyl (C=O) groups excluding carboxylic acids is 1. The van der Waals surface area contributed by atoms with Crippen molar-refractivity contribution in [3.05, 3.63) is 85.1 Å². The van der Waals surface area contributed by atoms with Crippen LogP contribution >= 0.6 is 0 Å². The molecular weight excluding hydrogens is 1040 g/mol. The van der Waals surface area contributed by atoms with Crippen molar-refractivity contribution in [3.8, 4) is 0 Å². The molecule has 82 heavy (non-hydrogen) atoms. The third-order valence-corrected chi connectivity index (χ3v) is 15.6. The summed E-state index contributed by atoms with van der Waals surface area (Å²) in [5.41, 5.74) is 0. The van der Waals surface area contributed by atoms with Gasteiger partial charge in [0, 0.05) is 6.42 Å². The van der Waals surface area contributed by atoms with E-state index in [9.17, 15) is 45.6 Å². The van der Waals surface area contributed by atoms with Gasteiger partial charge >= 0.3 is 0 Å². The molecule has 474 valence electrons. The summed E-state index contributed by atoms with van der Waals surface area (Å²) in [7, 11) is 0. The Morgan fingerprint density at radius 2 is 0.854 bits per heavy atom. The third kappa shape index (κ3) is 36.9. The largest absolute Gasteiger partial charge is 0.394 e. The van der Waals surface area contributed by atoms with Crippen molar-refractivity contribution in [2.75, 3.05) is 19.8 Å². The number of carbonyl (C=O) groups is 1. The first-order valence-electron chi connectivity index (χ1n) is 32.8. The molecule has 2 heterocycles. The van der Waals surface area contributed by atoms with Crippen molar-refractivity contribution < 1.29 is 64.6 Å². The molecule has 0 aliphatic carbocycles. The first kappa shape index (κ1) is 75.3. The van der Waals surface area contributed by atoms with E-state index in [4.69, 9.17) is 18.9 Å². The molecule has 2 saturated heterocycles. The van der Waals surface area contributed by atoms with Gasteiger partial charge in [-0.15, -0.1) is 0 Å². The van der Waals surface area contributed by atoms with Gasteiger partial charge in [0.1, 0.15) is 48.8 Å². The van der Waals surface area contributed by atoms with Crippen LogP contribution in [0.4, 0.5) is 0 Å². The molecule has 0 saturated carbocycles. The zero-order valence-corrected chi connectivity index (χ0v) is 51.2. The number of hydrogen-bond donors (Lipinski definition) is 9. The molecule has 14 heteroatoms. The smallest absolute Gasteiger partial charge is 0.220 e. The Kier molecular flexibility index (Phi) is 48.2. The fourth-order valence-electron chi connectivity index (χ4n) is 10.3. The Bertz CT molecular complexity index is 1700. The lowest BCUT2D eigenvalue weighted by Gasteiger charge is -2.46. The molecule has 0 radical (unpaired) electrons. The van der Waals surface area contributed by atoms with Gasteiger partial charge in [0.05, 0.1) is 32.0 Å². The Hall–Kier alpha value is -2.83. The first-order valence-corrected chi connectivity index (χ1v) is 32.8. The second-order valence-corrected chi connectivity index (χ2v) is 22.9. The molecule has 0 spiro atoms. The lowest BCUT2D eigenvalue weighted by atomic mass is 9.97. The average molecular weight is 1160 g/mol. The van der Waals surface area contributed by atoms with Crippen molar-refractivity contribution in [2.45, 2.75) is 319 Å². The minimum absolute atomic E-state index is 0.247. The molecule has 2 fully saturated rings. The number of nitrogens with one attached hydrogen (secondary N) is 1. The maximum atomic E-state index is 13.3. The van der Waals surface area contributed by atoms with Gasteiger partial charge in [-0.3, -0.25) is 4.79 Å². The van der Waals surface area contributed by atoms with Crippen molar-refractivity contribution in [2.24, 2.45) is 0 Å². The summed E-state index contributed by atoms with van der Waals surface area (Å²) >= 11 is 0. The van der Waals surface area contributed by atoms with Gasteiger partial charge < -0.3 is 65.1 Å². The number of allylic oxidation sites excluding steroid dienone is 13. The van der Waals surface area contributed by atoms with E-state index in [1.807, 2.05) is 6.08 Å². The maximum absolute atomic E-state index is 13.3. The predicted molar refractivity (Wildman–Crippen MR) is 332 cm³/mol. The minimum Gasteiger partial charge on any atom is -0.394 e. The van der Waals surface area contributed by atoms with Crippen LogP contribution < -0.4 is 5.32 Å². The van der Waals surface area contributed by atoms with Crippen LogP contribution in [0.1, 0.15) is 245 Å². The number of hydrogen-bond acceptors (Lipinski definition) is 13. The molecule has 12 atom stereocenters. The monoisotopic (exact) mass is 1160 g/mol. The van der Waals surface area contributed by atoms with Crippen LogP contribution in [0, 0.1) is 0 Å². The van der Waals surface area contributed by atoms with E-state index < -0.39 is 86.8 Å². The number of ether oxygens (including phenoxy) is 4. The highest BCUT2D eigenvalue weighted by atomic mass is 16.7. The highest BCUT2D eigenvalue weighted by Gasteiger charge is 2.51. The van der Waals surface area contributed by atoms with Crippen LogP contribution in [0.5, 0.6) is 0 Å². The van der Waals surface area contributed by atoms with Gasteiger partial charge in [0.25, 0.3) is 0 Å². The number of amides is 1. The SMILES string of the molecule is CC/C=C\C/C=C\C/C=C\C/C=C\C/C=C\CCCCCCCC(=O)NC(COC1OC(CO)C(OC2OC(CO)C(O)C(O)C2O)C(O)C1O)C(O)/C=C/CC/C=C/CCCCCCCCCCCCCCCCCCCCCCC. The standard InChI is InChI=1S/C68H119NO13/c1-3-5-7-9-11-13-15-17-19-21-23-25-26-27-28-29-30-32-33-35-37-39-41-43-45-47-49-51-57(72)56(55-79-67-65(78)63(76)66(59(54-71)81-67)82-68-64(77)62(75)61(74)58(53-70)80-68)69-60(73)52-50-48-46-44-42-40-38-36-34-31-24-22-20-18-16-14-12-10-8-6-4-2/h6,8,12,14,18,20,24,31,36,38,41,43,49,51,56-59,61-68,70-72,74-78H,3-5,7,9-11,13,15-17,19,21-23,25-30,32-35,37,39-40,42,44-48,50,52-55H2,1-2H3,(H,69,73)/b8-6-,14-12-,20-18-,31-24-,38-36-,43-41+,51-49+. The Balaban J connectivity index is 1.75. The van der Waals surface area contributed by atoms with Gasteiger partial charge in [-0.05, 0) is 77.0 Å². The van der Waals surface area contributed by atoms with Gasteiger partial charge in [0.2, 0.25) is 5.91 Å². The number of aliphatic hydroxyl groups is 8. The fourth-order valence-corrected chi connectivity index (χ4v) is 10.3. The highest BCUT2D eigenvalue weighted by Crippen LogP contribution is 2.30. The zero-order valence-electron chi connectivity index (χ0n) is 51.2. The van der Waals surface area contributed by atoms with Gasteiger partial charge in [-0.25, -0.2) is 0 Å². The van der Waals surface area contributed by atoms with Crippen LogP contribution in [0.3, 0.4) is 0 Å². The molecule has 9 N–H and O–H groups in total. The van der Waals surface area contributed by atoms with Gasteiger partial charge in [-0.2, -0.15) is 0 Å². The molecule has 0 aromatic heterocycles. The van der Waals surface area contributed by atoms with E-state index in [1.165, 1.54) is 135 Å². The number of aliphatic hydroxyl groups excluding tert-OH is 8. The molecule has 1 amide bonds. The molecular formula is C68H119NO13. The number of rotatable bonds is 52. The van der Waals surface area contributed by atoms with Crippen LogP contribution in [-0.4, -0.2) is 140 Å².